The summed E-state index contributed by atoms with van der Waals surface area (Å²) in [6.45, 7) is 2.80. The normalized spacial score (nSPS) is 21.3. The topological polar surface area (TPSA) is 71.1 Å². The van der Waals surface area contributed by atoms with Gasteiger partial charge in [0.2, 0.25) is 5.91 Å². The van der Waals surface area contributed by atoms with E-state index in [1.807, 2.05) is 24.3 Å². The molecule has 2 aliphatic heterocycles. The van der Waals surface area contributed by atoms with Crippen LogP contribution in [0.2, 0.25) is 0 Å². The second-order valence-electron chi connectivity index (χ2n) is 5.28. The summed E-state index contributed by atoms with van der Waals surface area (Å²) in [5.74, 6) is 0.754. The third-order valence-electron chi connectivity index (χ3n) is 3.99. The van der Waals surface area contributed by atoms with Gasteiger partial charge in [-0.25, -0.2) is 4.79 Å². The average Bonchev–Trinajstić information content (AvgIpc) is 3.01. The second-order valence-corrected chi connectivity index (χ2v) is 5.28. The van der Waals surface area contributed by atoms with Gasteiger partial charge in [0.1, 0.15) is 18.4 Å². The minimum Gasteiger partial charge on any atom is -0.495 e. The highest BCUT2D eigenvalue weighted by atomic mass is 16.6. The largest absolute Gasteiger partial charge is 0.495 e. The van der Waals surface area contributed by atoms with Crippen LogP contribution in [0.1, 0.15) is 0 Å². The van der Waals surface area contributed by atoms with E-state index >= 15 is 0 Å². The molecule has 22 heavy (non-hydrogen) atoms. The number of cyclic esters (lactones) is 1. The second kappa shape index (κ2) is 6.13. The predicted molar refractivity (Wildman–Crippen MR) is 80.1 cm³/mol. The number of benzene rings is 1. The maximum Gasteiger partial charge on any atom is 0.407 e. The van der Waals surface area contributed by atoms with Crippen LogP contribution in [0.5, 0.6) is 5.75 Å². The van der Waals surface area contributed by atoms with E-state index in [9.17, 15) is 9.59 Å². The molecule has 0 saturated carbocycles. The highest BCUT2D eigenvalue weighted by Gasteiger charge is 2.33. The van der Waals surface area contributed by atoms with Crippen molar-refractivity contribution in [1.29, 1.82) is 0 Å². The molecule has 1 aromatic carbocycles. The molecule has 2 fully saturated rings. The molecule has 118 valence electrons. The van der Waals surface area contributed by atoms with Crippen LogP contribution in [-0.4, -0.2) is 62.8 Å². The van der Waals surface area contributed by atoms with Gasteiger partial charge in [0.15, 0.2) is 0 Å². The van der Waals surface area contributed by atoms with Gasteiger partial charge in [-0.15, -0.1) is 0 Å². The molecule has 0 aliphatic carbocycles. The van der Waals surface area contributed by atoms with Gasteiger partial charge in [-0.05, 0) is 12.1 Å². The molecule has 0 spiro atoms. The number of piperazine rings is 1. The average molecular weight is 305 g/mol. The zero-order valence-electron chi connectivity index (χ0n) is 12.4. The molecule has 0 radical (unpaired) electrons. The Labute approximate surface area is 128 Å². The van der Waals surface area contributed by atoms with Crippen LogP contribution in [0.25, 0.3) is 0 Å². The molecule has 7 nitrogen and oxygen atoms in total. The van der Waals surface area contributed by atoms with Crippen LogP contribution in [0, 0.1) is 0 Å². The third kappa shape index (κ3) is 2.79. The number of nitrogens with one attached hydrogen (secondary N) is 1. The number of hydrogen-bond donors (Lipinski definition) is 1. The molecule has 1 aromatic rings. The summed E-state index contributed by atoms with van der Waals surface area (Å²) in [6.07, 6.45) is -0.522. The van der Waals surface area contributed by atoms with Crippen molar-refractivity contribution in [2.75, 3.05) is 44.8 Å². The Morgan fingerprint density at radius 1 is 1.27 bits per heavy atom. The van der Waals surface area contributed by atoms with E-state index in [2.05, 4.69) is 10.2 Å². The first-order chi connectivity index (χ1) is 10.7. The third-order valence-corrected chi connectivity index (χ3v) is 3.99. The summed E-state index contributed by atoms with van der Waals surface area (Å²) in [4.78, 5) is 27.3. The number of rotatable bonds is 3. The Morgan fingerprint density at radius 2 is 2.00 bits per heavy atom. The monoisotopic (exact) mass is 305 g/mol. The summed E-state index contributed by atoms with van der Waals surface area (Å²) in [7, 11) is 1.65. The SMILES string of the molecule is COc1ccccc1N1CCN(C(=O)C2COC(=O)N2)CC1. The molecule has 3 rings (SSSR count). The molecule has 2 amide bonds. The summed E-state index contributed by atoms with van der Waals surface area (Å²) < 4.78 is 10.2. The minimum absolute atomic E-state index is 0.0782. The van der Waals surface area contributed by atoms with Gasteiger partial charge in [0.05, 0.1) is 12.8 Å². The van der Waals surface area contributed by atoms with Gasteiger partial charge in [0.25, 0.3) is 0 Å². The number of para-hydroxylation sites is 2. The number of amides is 2. The van der Waals surface area contributed by atoms with E-state index < -0.39 is 12.1 Å². The minimum atomic E-state index is -0.551. The maximum absolute atomic E-state index is 12.3. The van der Waals surface area contributed by atoms with Gasteiger partial charge in [-0.3, -0.25) is 4.79 Å². The quantitative estimate of drug-likeness (QED) is 0.878. The molecule has 1 atom stereocenters. The van der Waals surface area contributed by atoms with Crippen LogP contribution in [0.3, 0.4) is 0 Å². The molecule has 2 saturated heterocycles. The number of nitrogens with zero attached hydrogens (tertiary/aromatic N) is 2. The number of carbonyl (C=O) groups excluding carboxylic acids is 2. The summed E-state index contributed by atoms with van der Waals surface area (Å²) in [6, 6.07) is 7.30. The number of carbonyl (C=O) groups is 2. The van der Waals surface area contributed by atoms with Gasteiger partial charge in [-0.2, -0.15) is 0 Å². The summed E-state index contributed by atoms with van der Waals surface area (Å²) in [5.41, 5.74) is 1.04. The fraction of sp³-hybridized carbons (Fsp3) is 0.467. The van der Waals surface area contributed by atoms with E-state index in [1.54, 1.807) is 12.0 Å². The first-order valence-corrected chi connectivity index (χ1v) is 7.29. The molecule has 1 N–H and O–H groups in total. The molecular weight excluding hydrogens is 286 g/mol. The number of methoxy groups -OCH3 is 1. The summed E-state index contributed by atoms with van der Waals surface area (Å²) in [5, 5.41) is 2.53. The first-order valence-electron chi connectivity index (χ1n) is 7.29. The first kappa shape index (κ1) is 14.5. The van der Waals surface area contributed by atoms with Crippen molar-refractivity contribution in [2.24, 2.45) is 0 Å². The van der Waals surface area contributed by atoms with E-state index in [-0.39, 0.29) is 12.5 Å². The van der Waals surface area contributed by atoms with Gasteiger partial charge < -0.3 is 24.6 Å². The lowest BCUT2D eigenvalue weighted by molar-refractivity contribution is -0.133. The zero-order valence-corrected chi connectivity index (χ0v) is 12.4. The molecule has 7 heteroatoms. The Hall–Kier alpha value is -2.44. The van der Waals surface area contributed by atoms with Crippen molar-refractivity contribution < 1.29 is 19.1 Å². The zero-order chi connectivity index (χ0) is 15.5. The van der Waals surface area contributed by atoms with Crippen LogP contribution < -0.4 is 15.0 Å². The molecular formula is C15H19N3O4. The van der Waals surface area contributed by atoms with Crippen molar-refractivity contribution in [3.8, 4) is 5.75 Å². The Morgan fingerprint density at radius 3 is 2.64 bits per heavy atom. The van der Waals surface area contributed by atoms with Crippen molar-refractivity contribution in [1.82, 2.24) is 10.2 Å². The molecule has 2 heterocycles. The Kier molecular flexibility index (Phi) is 4.04. The smallest absolute Gasteiger partial charge is 0.407 e. The number of anilines is 1. The van der Waals surface area contributed by atoms with Crippen LogP contribution in [0.4, 0.5) is 10.5 Å². The van der Waals surface area contributed by atoms with E-state index in [0.29, 0.717) is 13.1 Å². The molecule has 0 aromatic heterocycles. The predicted octanol–water partition coefficient (Wildman–Crippen LogP) is 0.452. The maximum atomic E-state index is 12.3. The lowest BCUT2D eigenvalue weighted by atomic mass is 10.2. The van der Waals surface area contributed by atoms with Crippen LogP contribution >= 0.6 is 0 Å². The Bertz CT molecular complexity index is 570. The molecule has 2 aliphatic rings. The fourth-order valence-electron chi connectivity index (χ4n) is 2.80. The number of ether oxygens (including phenoxy) is 2. The van der Waals surface area contributed by atoms with E-state index in [1.165, 1.54) is 0 Å². The lowest BCUT2D eigenvalue weighted by Gasteiger charge is -2.37. The number of alkyl carbamates (subject to hydrolysis) is 1. The lowest BCUT2D eigenvalue weighted by Crippen LogP contribution is -2.54. The van der Waals surface area contributed by atoms with Crippen molar-refractivity contribution >= 4 is 17.7 Å². The van der Waals surface area contributed by atoms with Crippen LogP contribution in [-0.2, 0) is 9.53 Å². The van der Waals surface area contributed by atoms with E-state index in [4.69, 9.17) is 9.47 Å². The Balaban J connectivity index is 1.60. The highest BCUT2D eigenvalue weighted by Crippen LogP contribution is 2.28. The molecule has 1 unspecified atom stereocenters. The molecule has 0 bridgehead atoms. The summed E-state index contributed by atoms with van der Waals surface area (Å²) >= 11 is 0. The van der Waals surface area contributed by atoms with Crippen LogP contribution in [0.15, 0.2) is 24.3 Å². The van der Waals surface area contributed by atoms with Gasteiger partial charge >= 0.3 is 6.09 Å². The van der Waals surface area contributed by atoms with Crippen molar-refractivity contribution in [2.45, 2.75) is 6.04 Å². The van der Waals surface area contributed by atoms with Gasteiger partial charge in [-0.1, -0.05) is 12.1 Å². The standard InChI is InChI=1S/C15H19N3O4/c1-21-13-5-3-2-4-12(13)17-6-8-18(9-7-17)14(19)11-10-22-15(20)16-11/h2-5,11H,6-10H2,1H3,(H,16,20). The van der Waals surface area contributed by atoms with Gasteiger partial charge in [0, 0.05) is 26.2 Å². The fourth-order valence-corrected chi connectivity index (χ4v) is 2.80. The highest BCUT2D eigenvalue weighted by molar-refractivity contribution is 5.88. The van der Waals surface area contributed by atoms with E-state index in [0.717, 1.165) is 24.5 Å². The van der Waals surface area contributed by atoms with Crippen molar-refractivity contribution in [3.63, 3.8) is 0 Å². The van der Waals surface area contributed by atoms with Crippen molar-refractivity contribution in [3.05, 3.63) is 24.3 Å². The number of hydrogen-bond acceptors (Lipinski definition) is 5.